The minimum atomic E-state index is -7.57. The van der Waals surface area contributed by atoms with Gasteiger partial charge >= 0.3 is 178 Å². The van der Waals surface area contributed by atoms with Crippen molar-refractivity contribution in [2.24, 2.45) is 0 Å². The molecule has 0 spiro atoms. The average molecular weight is 640 g/mol. The molecule has 3 nitrogen and oxygen atoms in total. The van der Waals surface area contributed by atoms with Crippen LogP contribution in [0.1, 0.15) is 32.1 Å². The predicted molar refractivity (Wildman–Crippen MR) is 85.5 cm³/mol. The predicted octanol–water partition coefficient (Wildman–Crippen LogP) is 6.46. The van der Waals surface area contributed by atoms with Gasteiger partial charge in [-0.05, 0) is 0 Å². The second-order valence-electron chi connectivity index (χ2n) is 6.92. The fourth-order valence-electron chi connectivity index (χ4n) is 3.10. The Kier molecular flexibility index (Phi) is 6.61. The first-order valence-corrected chi connectivity index (χ1v) is 12.8. The first-order chi connectivity index (χ1) is 14.0. The topological polar surface area (TPSA) is 43.4 Å². The van der Waals surface area contributed by atoms with Crippen molar-refractivity contribution in [1.82, 2.24) is 0 Å². The van der Waals surface area contributed by atoms with Crippen LogP contribution in [0.4, 0.5) is 61.5 Å². The summed E-state index contributed by atoms with van der Waals surface area (Å²) < 4.78 is 209. The van der Waals surface area contributed by atoms with Crippen LogP contribution >= 0.6 is 20.2 Å². The van der Waals surface area contributed by atoms with Crippen LogP contribution in [0, 0.1) is 0 Å². The summed E-state index contributed by atoms with van der Waals surface area (Å²) in [5, 5.41) is 0. The third-order valence-corrected chi connectivity index (χ3v) is 14.0. The zero-order valence-electron chi connectivity index (χ0n) is 14.9. The van der Waals surface area contributed by atoms with Crippen LogP contribution in [0.5, 0.6) is 0 Å². The maximum absolute atomic E-state index is 15.3. The van der Waals surface area contributed by atoms with E-state index in [2.05, 4.69) is 2.51 Å². The molecule has 2 aliphatic rings. The summed E-state index contributed by atoms with van der Waals surface area (Å²) in [6.45, 7) is 0. The molecule has 0 N–H and O–H groups in total. The molecule has 0 amide bonds. The van der Waals surface area contributed by atoms with Gasteiger partial charge in [-0.25, -0.2) is 0 Å². The van der Waals surface area contributed by atoms with Crippen molar-refractivity contribution in [3.63, 3.8) is 0 Å². The van der Waals surface area contributed by atoms with Crippen molar-refractivity contribution in [3.05, 3.63) is 0 Å². The normalized spacial score (nSPS) is 29.4. The summed E-state index contributed by atoms with van der Waals surface area (Å²) in [5.74, 6) is -37.6. The molecule has 0 atom stereocenters. The van der Waals surface area contributed by atoms with Crippen LogP contribution in [0.2, 0.25) is 0 Å². The SMILES string of the molecule is O=S(=O)(OI(C1CCCCC1)C1(F)C(F)(F)C(F)(F)C(F)(F)C(F)(F)C1(F)F)C(F)(F)F. The first kappa shape index (κ1) is 27.9. The van der Waals surface area contributed by atoms with Gasteiger partial charge in [0.25, 0.3) is 0 Å². The molecule has 32 heavy (non-hydrogen) atoms. The van der Waals surface area contributed by atoms with Crippen LogP contribution < -0.4 is 0 Å². The molecule has 0 aromatic rings. The molecule has 0 bridgehead atoms. The summed E-state index contributed by atoms with van der Waals surface area (Å²) >= 11 is -6.73. The molecule has 2 rings (SSSR count). The van der Waals surface area contributed by atoms with Gasteiger partial charge < -0.3 is 0 Å². The first-order valence-electron chi connectivity index (χ1n) is 8.23. The van der Waals surface area contributed by atoms with Crippen molar-refractivity contribution < 1.29 is 72.4 Å². The van der Waals surface area contributed by atoms with E-state index in [1.54, 1.807) is 0 Å². The van der Waals surface area contributed by atoms with E-state index in [0.29, 0.717) is 0 Å². The van der Waals surface area contributed by atoms with E-state index in [9.17, 15) is 65.5 Å². The van der Waals surface area contributed by atoms with Crippen LogP contribution in [0.15, 0.2) is 0 Å². The van der Waals surface area contributed by atoms with E-state index in [4.69, 9.17) is 0 Å². The van der Waals surface area contributed by atoms with Crippen molar-refractivity contribution in [1.29, 1.82) is 0 Å². The summed E-state index contributed by atoms with van der Waals surface area (Å²) in [4.78, 5) is 0. The fraction of sp³-hybridized carbons (Fsp3) is 1.00. The molecule has 0 aromatic heterocycles. The van der Waals surface area contributed by atoms with Crippen molar-refractivity contribution in [2.75, 3.05) is 0 Å². The second kappa shape index (κ2) is 7.58. The van der Waals surface area contributed by atoms with Gasteiger partial charge in [0.1, 0.15) is 0 Å². The maximum atomic E-state index is 15.3. The van der Waals surface area contributed by atoms with E-state index in [-0.39, 0.29) is 19.3 Å². The summed E-state index contributed by atoms with van der Waals surface area (Å²) in [6.07, 6.45) is -2.05. The molecular weight excluding hydrogens is 629 g/mol. The molecule has 2 aliphatic carbocycles. The Hall–Kier alpha value is -0.340. The van der Waals surface area contributed by atoms with Crippen LogP contribution in [0.25, 0.3) is 0 Å². The summed E-state index contributed by atoms with van der Waals surface area (Å²) in [6, 6.07) is 0. The Balaban J connectivity index is 2.87. The van der Waals surface area contributed by atoms with Gasteiger partial charge in [0, 0.05) is 0 Å². The van der Waals surface area contributed by atoms with Gasteiger partial charge in [0.15, 0.2) is 0 Å². The van der Waals surface area contributed by atoms with Crippen LogP contribution in [-0.2, 0) is 12.6 Å². The quantitative estimate of drug-likeness (QED) is 0.153. The molecular formula is C13H11F14IO3S. The molecule has 0 unspecified atom stereocenters. The Morgan fingerprint density at radius 1 is 0.656 bits per heavy atom. The van der Waals surface area contributed by atoms with E-state index >= 15 is 4.39 Å². The van der Waals surface area contributed by atoms with E-state index in [1.165, 1.54) is 0 Å². The second-order valence-corrected chi connectivity index (χ2v) is 14.3. The Morgan fingerprint density at radius 3 is 1.34 bits per heavy atom. The molecule has 2 saturated carbocycles. The zero-order chi connectivity index (χ0) is 25.4. The minimum absolute atomic E-state index is 0.128. The third-order valence-electron chi connectivity index (χ3n) is 4.87. The van der Waals surface area contributed by atoms with Gasteiger partial charge in [-0.3, -0.25) is 0 Å². The molecule has 192 valence electrons. The molecule has 0 heterocycles. The number of halogens is 15. The molecule has 0 aliphatic heterocycles. The van der Waals surface area contributed by atoms with Crippen molar-refractivity contribution in [3.8, 4) is 0 Å². The number of hydrogen-bond acceptors (Lipinski definition) is 3. The van der Waals surface area contributed by atoms with E-state index in [1.807, 2.05) is 0 Å². The monoisotopic (exact) mass is 640 g/mol. The van der Waals surface area contributed by atoms with Gasteiger partial charge in [-0.2, -0.15) is 0 Å². The van der Waals surface area contributed by atoms with Crippen molar-refractivity contribution in [2.45, 2.75) is 74.8 Å². The van der Waals surface area contributed by atoms with Crippen LogP contribution in [0.3, 0.4) is 0 Å². The van der Waals surface area contributed by atoms with Crippen molar-refractivity contribution >= 4 is 30.4 Å². The summed E-state index contributed by atoms with van der Waals surface area (Å²) in [7, 11) is -7.25. The molecule has 0 aromatic carbocycles. The fourth-order valence-corrected chi connectivity index (χ4v) is 12.5. The third kappa shape index (κ3) is 3.32. The Morgan fingerprint density at radius 2 is 1.00 bits per heavy atom. The van der Waals surface area contributed by atoms with E-state index in [0.717, 1.165) is 0 Å². The summed E-state index contributed by atoms with van der Waals surface area (Å²) in [5.41, 5.74) is -6.58. The van der Waals surface area contributed by atoms with Crippen LogP contribution in [-0.4, -0.2) is 51.1 Å². The van der Waals surface area contributed by atoms with Gasteiger partial charge in [-0.1, -0.05) is 0 Å². The molecule has 2 fully saturated rings. The molecule has 19 heteroatoms. The average Bonchev–Trinajstić information content (AvgIpc) is 2.63. The Bertz CT molecular complexity index is 803. The van der Waals surface area contributed by atoms with E-state index < -0.39 is 85.9 Å². The Labute approximate surface area is 177 Å². The van der Waals surface area contributed by atoms with Gasteiger partial charge in [0.05, 0.1) is 0 Å². The van der Waals surface area contributed by atoms with Gasteiger partial charge in [0.2, 0.25) is 0 Å². The number of alkyl halides is 16. The van der Waals surface area contributed by atoms with Gasteiger partial charge in [-0.15, -0.1) is 0 Å². The number of rotatable bonds is 4. The number of hydrogen-bond donors (Lipinski definition) is 0. The molecule has 0 radical (unpaired) electrons. The zero-order valence-corrected chi connectivity index (χ0v) is 17.9. The standard InChI is InChI=1S/C13H11F14IO3S/c14-7(15)8(16,17)10(20,21)12(24,11(22,23)9(7,18)19)28(6-4-2-1-3-5-6)31-32(29,30)13(25,26)27/h6H,1-5H2. The molecule has 0 saturated heterocycles.